The highest BCUT2D eigenvalue weighted by Crippen LogP contribution is 2.25. The van der Waals surface area contributed by atoms with Gasteiger partial charge in [-0.25, -0.2) is 4.39 Å². The van der Waals surface area contributed by atoms with Crippen LogP contribution in [0.4, 0.5) is 4.39 Å². The Labute approximate surface area is 128 Å². The van der Waals surface area contributed by atoms with E-state index in [1.54, 1.807) is 6.07 Å². The molecule has 0 fully saturated rings. The molecule has 0 aliphatic rings. The molecule has 1 heterocycles. The molecule has 2 rings (SSSR count). The molecule has 0 radical (unpaired) electrons. The van der Waals surface area contributed by atoms with E-state index < -0.39 is 0 Å². The normalized spacial score (nSPS) is 12.8. The van der Waals surface area contributed by atoms with Gasteiger partial charge < -0.3 is 10.3 Å². The monoisotopic (exact) mass is 309 g/mol. The third-order valence-electron chi connectivity index (χ3n) is 3.04. The number of aromatic nitrogens is 2. The zero-order chi connectivity index (χ0) is 15.2. The zero-order valence-corrected chi connectivity index (χ0v) is 13.1. The summed E-state index contributed by atoms with van der Waals surface area (Å²) < 4.78 is 18.4. The fraction of sp³-hybridized carbons (Fsp3) is 0.467. The number of hydrogen-bond acceptors (Lipinski definition) is 5. The van der Waals surface area contributed by atoms with Crippen molar-refractivity contribution in [1.29, 1.82) is 0 Å². The molecule has 1 aromatic carbocycles. The van der Waals surface area contributed by atoms with E-state index in [-0.39, 0.29) is 11.7 Å². The summed E-state index contributed by atoms with van der Waals surface area (Å²) in [6.45, 7) is 4.77. The molecule has 0 saturated carbocycles. The first-order valence-electron chi connectivity index (χ1n) is 6.99. The van der Waals surface area contributed by atoms with Crippen LogP contribution in [-0.2, 0) is 5.75 Å². The predicted molar refractivity (Wildman–Crippen MR) is 81.5 cm³/mol. The molecule has 114 valence electrons. The van der Waals surface area contributed by atoms with Gasteiger partial charge in [0.15, 0.2) is 5.82 Å². The smallest absolute Gasteiger partial charge is 0.231 e. The Balaban J connectivity index is 1.96. The van der Waals surface area contributed by atoms with Crippen molar-refractivity contribution < 1.29 is 8.91 Å². The standard InChI is InChI=1S/C15H20FN3OS/c1-10(2)6-11(8-17)15-18-14(19-20-15)9-21-13-5-3-4-12(16)7-13/h3-5,7,10-11H,6,8-9,17H2,1-2H3. The number of rotatable bonds is 7. The highest BCUT2D eigenvalue weighted by atomic mass is 32.2. The zero-order valence-electron chi connectivity index (χ0n) is 12.3. The summed E-state index contributed by atoms with van der Waals surface area (Å²) >= 11 is 1.48. The van der Waals surface area contributed by atoms with Gasteiger partial charge in [0.25, 0.3) is 0 Å². The molecule has 0 bridgehead atoms. The average molecular weight is 309 g/mol. The Bertz CT molecular complexity index is 574. The van der Waals surface area contributed by atoms with Gasteiger partial charge in [0, 0.05) is 11.4 Å². The summed E-state index contributed by atoms with van der Waals surface area (Å²) in [6.07, 6.45) is 0.926. The number of benzene rings is 1. The van der Waals surface area contributed by atoms with Gasteiger partial charge in [0.05, 0.1) is 11.7 Å². The molecule has 0 aliphatic carbocycles. The minimum Gasteiger partial charge on any atom is -0.339 e. The number of nitrogens with zero attached hydrogens (tertiary/aromatic N) is 2. The van der Waals surface area contributed by atoms with Crippen LogP contribution in [-0.4, -0.2) is 16.7 Å². The topological polar surface area (TPSA) is 64.9 Å². The van der Waals surface area contributed by atoms with E-state index in [4.69, 9.17) is 10.3 Å². The maximum atomic E-state index is 13.1. The second-order valence-electron chi connectivity index (χ2n) is 5.36. The molecular weight excluding hydrogens is 289 g/mol. The van der Waals surface area contributed by atoms with E-state index in [1.165, 1.54) is 23.9 Å². The second-order valence-corrected chi connectivity index (χ2v) is 6.41. The minimum atomic E-state index is -0.242. The van der Waals surface area contributed by atoms with Crippen LogP contribution < -0.4 is 5.73 Å². The molecule has 1 unspecified atom stereocenters. The lowest BCUT2D eigenvalue weighted by Gasteiger charge is -2.11. The lowest BCUT2D eigenvalue weighted by molar-refractivity contribution is 0.332. The summed E-state index contributed by atoms with van der Waals surface area (Å²) in [5, 5.41) is 3.97. The SMILES string of the molecule is CC(C)CC(CN)c1nc(CSc2cccc(F)c2)no1. The highest BCUT2D eigenvalue weighted by molar-refractivity contribution is 7.98. The number of thioether (sulfide) groups is 1. The van der Waals surface area contributed by atoms with Crippen molar-refractivity contribution in [3.8, 4) is 0 Å². The lowest BCUT2D eigenvalue weighted by atomic mass is 9.97. The summed E-state index contributed by atoms with van der Waals surface area (Å²) in [6, 6.07) is 6.46. The minimum absolute atomic E-state index is 0.102. The van der Waals surface area contributed by atoms with Crippen molar-refractivity contribution in [2.45, 2.75) is 36.8 Å². The fourth-order valence-corrected chi connectivity index (χ4v) is 2.85. The molecule has 2 aromatic rings. The Morgan fingerprint density at radius 3 is 2.86 bits per heavy atom. The third kappa shape index (κ3) is 4.82. The van der Waals surface area contributed by atoms with Crippen molar-refractivity contribution in [2.75, 3.05) is 6.54 Å². The van der Waals surface area contributed by atoms with E-state index >= 15 is 0 Å². The number of nitrogens with two attached hydrogens (primary N) is 1. The summed E-state index contributed by atoms with van der Waals surface area (Å²) in [4.78, 5) is 5.25. The van der Waals surface area contributed by atoms with E-state index in [0.717, 1.165) is 11.3 Å². The van der Waals surface area contributed by atoms with Crippen LogP contribution in [0.2, 0.25) is 0 Å². The molecule has 4 nitrogen and oxygen atoms in total. The molecule has 2 N–H and O–H groups in total. The quantitative estimate of drug-likeness (QED) is 0.792. The first-order valence-corrected chi connectivity index (χ1v) is 7.98. The molecule has 1 aromatic heterocycles. The van der Waals surface area contributed by atoms with Crippen LogP contribution in [0.1, 0.15) is 37.9 Å². The Hall–Kier alpha value is -1.40. The summed E-state index contributed by atoms with van der Waals surface area (Å²) in [5.41, 5.74) is 5.77. The highest BCUT2D eigenvalue weighted by Gasteiger charge is 2.18. The van der Waals surface area contributed by atoms with E-state index in [2.05, 4.69) is 24.0 Å². The van der Waals surface area contributed by atoms with Crippen molar-refractivity contribution >= 4 is 11.8 Å². The van der Waals surface area contributed by atoms with Gasteiger partial charge in [0.2, 0.25) is 5.89 Å². The molecule has 0 saturated heterocycles. The van der Waals surface area contributed by atoms with Gasteiger partial charge in [-0.05, 0) is 30.5 Å². The molecular formula is C15H20FN3OS. The largest absolute Gasteiger partial charge is 0.339 e. The van der Waals surface area contributed by atoms with Crippen LogP contribution in [0.25, 0.3) is 0 Å². The second kappa shape index (κ2) is 7.56. The summed E-state index contributed by atoms with van der Waals surface area (Å²) in [7, 11) is 0. The first-order chi connectivity index (χ1) is 10.1. The van der Waals surface area contributed by atoms with Crippen molar-refractivity contribution in [1.82, 2.24) is 10.1 Å². The lowest BCUT2D eigenvalue weighted by Crippen LogP contribution is -2.15. The Kier molecular flexibility index (Phi) is 5.76. The molecule has 0 amide bonds. The van der Waals surface area contributed by atoms with Gasteiger partial charge in [-0.2, -0.15) is 4.98 Å². The van der Waals surface area contributed by atoms with Crippen LogP contribution in [0, 0.1) is 11.7 Å². The maximum Gasteiger partial charge on any atom is 0.231 e. The fourth-order valence-electron chi connectivity index (χ4n) is 2.06. The molecule has 21 heavy (non-hydrogen) atoms. The van der Waals surface area contributed by atoms with Crippen molar-refractivity contribution in [3.05, 3.63) is 41.8 Å². The third-order valence-corrected chi connectivity index (χ3v) is 4.03. The average Bonchev–Trinajstić information content (AvgIpc) is 2.91. The molecule has 0 spiro atoms. The van der Waals surface area contributed by atoms with Crippen LogP contribution in [0.5, 0.6) is 0 Å². The predicted octanol–water partition coefficient (Wildman–Crippen LogP) is 3.59. The van der Waals surface area contributed by atoms with Gasteiger partial charge in [0.1, 0.15) is 5.82 Å². The van der Waals surface area contributed by atoms with E-state index in [9.17, 15) is 4.39 Å². The van der Waals surface area contributed by atoms with Gasteiger partial charge >= 0.3 is 0 Å². The Morgan fingerprint density at radius 2 is 2.19 bits per heavy atom. The van der Waals surface area contributed by atoms with Crippen molar-refractivity contribution in [2.24, 2.45) is 11.7 Å². The van der Waals surface area contributed by atoms with Crippen molar-refractivity contribution in [3.63, 3.8) is 0 Å². The van der Waals surface area contributed by atoms with Crippen LogP contribution in [0.3, 0.4) is 0 Å². The molecule has 1 atom stereocenters. The van der Waals surface area contributed by atoms with Gasteiger partial charge in [-0.1, -0.05) is 25.1 Å². The molecule has 6 heteroatoms. The van der Waals surface area contributed by atoms with Crippen LogP contribution in [0.15, 0.2) is 33.7 Å². The van der Waals surface area contributed by atoms with Crippen LogP contribution >= 0.6 is 11.8 Å². The van der Waals surface area contributed by atoms with Gasteiger partial charge in [-0.3, -0.25) is 0 Å². The number of halogens is 1. The number of hydrogen-bond donors (Lipinski definition) is 1. The Morgan fingerprint density at radius 1 is 1.38 bits per heavy atom. The van der Waals surface area contributed by atoms with Gasteiger partial charge in [-0.15, -0.1) is 11.8 Å². The maximum absolute atomic E-state index is 13.1. The summed E-state index contributed by atoms with van der Waals surface area (Å²) in [5.74, 6) is 2.14. The first kappa shape index (κ1) is 16.0. The van der Waals surface area contributed by atoms with E-state index in [1.807, 2.05) is 6.07 Å². The van der Waals surface area contributed by atoms with E-state index in [0.29, 0.717) is 29.9 Å². The molecule has 0 aliphatic heterocycles.